The fraction of sp³-hybridized carbons (Fsp3) is 0.682. The van der Waals surface area contributed by atoms with Crippen LogP contribution in [-0.2, 0) is 14.2 Å². The summed E-state index contributed by atoms with van der Waals surface area (Å²) in [6, 6.07) is 6.59. The van der Waals surface area contributed by atoms with Gasteiger partial charge < -0.3 is 24.4 Å². The Hall–Kier alpha value is -1.63. The molecule has 156 valence electrons. The van der Waals surface area contributed by atoms with E-state index < -0.39 is 0 Å². The molecule has 0 radical (unpaired) electrons. The molecule has 2 aliphatic rings. The second-order valence-electron chi connectivity index (χ2n) is 7.68. The molecule has 0 bridgehead atoms. The van der Waals surface area contributed by atoms with Gasteiger partial charge in [0, 0.05) is 40.0 Å². The summed E-state index contributed by atoms with van der Waals surface area (Å²) >= 11 is 0. The third kappa shape index (κ3) is 5.93. The van der Waals surface area contributed by atoms with E-state index in [1.54, 1.807) is 0 Å². The average Bonchev–Trinajstić information content (AvgIpc) is 2.71. The van der Waals surface area contributed by atoms with E-state index in [9.17, 15) is 0 Å². The number of guanidine groups is 1. The van der Waals surface area contributed by atoms with Crippen LogP contribution < -0.4 is 5.32 Å². The molecule has 2 aliphatic heterocycles. The van der Waals surface area contributed by atoms with Gasteiger partial charge in [-0.05, 0) is 44.2 Å². The van der Waals surface area contributed by atoms with Crippen molar-refractivity contribution in [1.82, 2.24) is 10.2 Å². The Labute approximate surface area is 169 Å². The van der Waals surface area contributed by atoms with Crippen LogP contribution in [-0.4, -0.2) is 70.1 Å². The summed E-state index contributed by atoms with van der Waals surface area (Å²) in [7, 11) is 1.85. The van der Waals surface area contributed by atoms with Gasteiger partial charge in [-0.25, -0.2) is 0 Å². The van der Waals surface area contributed by atoms with E-state index in [-0.39, 0.29) is 6.10 Å². The Kier molecular flexibility index (Phi) is 8.13. The minimum absolute atomic E-state index is 0.0877. The number of rotatable bonds is 6. The first-order valence-electron chi connectivity index (χ1n) is 10.5. The summed E-state index contributed by atoms with van der Waals surface area (Å²) in [6.07, 6.45) is 3.46. The zero-order valence-electron chi connectivity index (χ0n) is 17.6. The van der Waals surface area contributed by atoms with Crippen molar-refractivity contribution in [3.05, 3.63) is 34.9 Å². The molecule has 2 saturated heterocycles. The molecule has 6 heteroatoms. The smallest absolute Gasteiger partial charge is 0.193 e. The number of hydrogen-bond acceptors (Lipinski definition) is 4. The lowest BCUT2D eigenvalue weighted by atomic mass is 10.00. The summed E-state index contributed by atoms with van der Waals surface area (Å²) in [5.74, 6) is 0.948. The van der Waals surface area contributed by atoms with Gasteiger partial charge in [-0.3, -0.25) is 4.99 Å². The van der Waals surface area contributed by atoms with E-state index in [1.165, 1.54) is 16.7 Å². The number of nitrogens with zero attached hydrogens (tertiary/aromatic N) is 2. The Morgan fingerprint density at radius 2 is 2.07 bits per heavy atom. The van der Waals surface area contributed by atoms with Crippen molar-refractivity contribution in [1.29, 1.82) is 0 Å². The first-order valence-corrected chi connectivity index (χ1v) is 10.5. The predicted molar refractivity (Wildman–Crippen MR) is 112 cm³/mol. The molecular formula is C22H35N3O3. The number of aliphatic imine (C=N–C) groups is 1. The normalized spacial score (nSPS) is 21.8. The third-order valence-electron chi connectivity index (χ3n) is 5.48. The maximum absolute atomic E-state index is 6.07. The van der Waals surface area contributed by atoms with Gasteiger partial charge >= 0.3 is 0 Å². The van der Waals surface area contributed by atoms with Crippen LogP contribution in [0.15, 0.2) is 23.2 Å². The molecule has 1 aromatic rings. The maximum atomic E-state index is 6.07. The number of ether oxygens (including phenoxy) is 3. The van der Waals surface area contributed by atoms with E-state index in [0.29, 0.717) is 12.7 Å². The number of hydrogen-bond donors (Lipinski definition) is 1. The van der Waals surface area contributed by atoms with E-state index in [4.69, 9.17) is 14.2 Å². The van der Waals surface area contributed by atoms with Crippen LogP contribution in [0.4, 0.5) is 0 Å². The summed E-state index contributed by atoms with van der Waals surface area (Å²) in [6.45, 7) is 9.98. The summed E-state index contributed by atoms with van der Waals surface area (Å²) in [5, 5.41) is 3.49. The molecule has 1 atom stereocenters. The highest BCUT2D eigenvalue weighted by molar-refractivity contribution is 5.80. The topological polar surface area (TPSA) is 55.3 Å². The van der Waals surface area contributed by atoms with Crippen molar-refractivity contribution >= 4 is 5.96 Å². The Bertz CT molecular complexity index is 644. The van der Waals surface area contributed by atoms with E-state index in [1.807, 2.05) is 7.05 Å². The predicted octanol–water partition coefficient (Wildman–Crippen LogP) is 2.84. The van der Waals surface area contributed by atoms with Gasteiger partial charge in [0.1, 0.15) is 6.10 Å². The van der Waals surface area contributed by atoms with Gasteiger partial charge in [0.25, 0.3) is 0 Å². The van der Waals surface area contributed by atoms with Crippen molar-refractivity contribution in [2.75, 3.05) is 53.1 Å². The highest BCUT2D eigenvalue weighted by atomic mass is 16.5. The number of nitrogens with one attached hydrogen (secondary N) is 1. The number of morpholine rings is 1. The van der Waals surface area contributed by atoms with Gasteiger partial charge in [0.05, 0.1) is 19.3 Å². The lowest BCUT2D eigenvalue weighted by Gasteiger charge is -2.36. The van der Waals surface area contributed by atoms with Crippen molar-refractivity contribution in [3.8, 4) is 0 Å². The first kappa shape index (κ1) is 21.1. The molecule has 28 heavy (non-hydrogen) atoms. The molecule has 0 saturated carbocycles. The molecule has 0 aliphatic carbocycles. The zero-order valence-corrected chi connectivity index (χ0v) is 17.6. The molecule has 1 N–H and O–H groups in total. The largest absolute Gasteiger partial charge is 0.381 e. The fourth-order valence-electron chi connectivity index (χ4n) is 3.91. The summed E-state index contributed by atoms with van der Waals surface area (Å²) in [5.41, 5.74) is 3.85. The molecule has 3 rings (SSSR count). The molecule has 2 heterocycles. The van der Waals surface area contributed by atoms with E-state index in [2.05, 4.69) is 47.3 Å². The van der Waals surface area contributed by atoms with Gasteiger partial charge in [-0.1, -0.05) is 23.8 Å². The molecule has 2 fully saturated rings. The molecule has 1 aromatic carbocycles. The second kappa shape index (κ2) is 10.8. The lowest BCUT2D eigenvalue weighted by molar-refractivity contribution is -0.0321. The van der Waals surface area contributed by atoms with E-state index >= 15 is 0 Å². The van der Waals surface area contributed by atoms with Crippen LogP contribution in [0.3, 0.4) is 0 Å². The van der Waals surface area contributed by atoms with Crippen LogP contribution in [0, 0.1) is 13.8 Å². The molecular weight excluding hydrogens is 354 g/mol. The summed E-state index contributed by atoms with van der Waals surface area (Å²) < 4.78 is 17.4. The third-order valence-corrected chi connectivity index (χ3v) is 5.48. The van der Waals surface area contributed by atoms with Crippen LogP contribution in [0.25, 0.3) is 0 Å². The Balaban J connectivity index is 1.44. The number of benzene rings is 1. The zero-order chi connectivity index (χ0) is 19.8. The van der Waals surface area contributed by atoms with E-state index in [0.717, 1.165) is 64.7 Å². The fourth-order valence-corrected chi connectivity index (χ4v) is 3.91. The quantitative estimate of drug-likeness (QED) is 0.461. The number of aryl methyl sites for hydroxylation is 2. The highest BCUT2D eigenvalue weighted by Crippen LogP contribution is 2.25. The lowest BCUT2D eigenvalue weighted by Crippen LogP contribution is -2.48. The van der Waals surface area contributed by atoms with Crippen LogP contribution in [0.1, 0.15) is 42.1 Å². The first-order chi connectivity index (χ1) is 13.7. The summed E-state index contributed by atoms with van der Waals surface area (Å²) in [4.78, 5) is 6.78. The Morgan fingerprint density at radius 3 is 2.82 bits per heavy atom. The second-order valence-corrected chi connectivity index (χ2v) is 7.68. The van der Waals surface area contributed by atoms with Crippen LogP contribution >= 0.6 is 0 Å². The average molecular weight is 390 g/mol. The Morgan fingerprint density at radius 1 is 1.25 bits per heavy atom. The molecule has 6 nitrogen and oxygen atoms in total. The standard InChI is InChI=1S/C22H35N3O3/c1-17-5-6-20(18(2)15-17)21-16-25(10-14-28-21)22(23-3)24-9-4-11-27-19-7-12-26-13-8-19/h5-6,15,19,21H,4,7-14,16H2,1-3H3,(H,23,24). The molecule has 1 unspecified atom stereocenters. The van der Waals surface area contributed by atoms with Crippen molar-refractivity contribution in [3.63, 3.8) is 0 Å². The van der Waals surface area contributed by atoms with Crippen LogP contribution in [0.2, 0.25) is 0 Å². The highest BCUT2D eigenvalue weighted by Gasteiger charge is 2.25. The van der Waals surface area contributed by atoms with Gasteiger partial charge in [0.15, 0.2) is 5.96 Å². The minimum atomic E-state index is 0.0877. The molecule has 0 aromatic heterocycles. The van der Waals surface area contributed by atoms with Crippen molar-refractivity contribution < 1.29 is 14.2 Å². The van der Waals surface area contributed by atoms with Crippen LogP contribution in [0.5, 0.6) is 0 Å². The minimum Gasteiger partial charge on any atom is -0.381 e. The monoisotopic (exact) mass is 389 g/mol. The maximum Gasteiger partial charge on any atom is 0.193 e. The van der Waals surface area contributed by atoms with Crippen molar-refractivity contribution in [2.45, 2.75) is 45.3 Å². The molecule has 0 amide bonds. The van der Waals surface area contributed by atoms with Crippen molar-refractivity contribution in [2.24, 2.45) is 4.99 Å². The molecule has 0 spiro atoms. The van der Waals surface area contributed by atoms with Gasteiger partial charge in [-0.2, -0.15) is 0 Å². The van der Waals surface area contributed by atoms with Gasteiger partial charge in [0.2, 0.25) is 0 Å². The SMILES string of the molecule is CN=C(NCCCOC1CCOCC1)N1CCOC(c2ccc(C)cc2C)C1. The van der Waals surface area contributed by atoms with Gasteiger partial charge in [-0.15, -0.1) is 0 Å².